The van der Waals surface area contributed by atoms with Gasteiger partial charge in [0.05, 0.1) is 6.61 Å². The van der Waals surface area contributed by atoms with Crippen molar-refractivity contribution in [3.63, 3.8) is 0 Å². The van der Waals surface area contributed by atoms with Crippen LogP contribution in [0.5, 0.6) is 0 Å². The average molecular weight is 619 g/mol. The smallest absolute Gasteiger partial charge is 0.306 e. The Morgan fingerprint density at radius 1 is 0.523 bits per heavy atom. The van der Waals surface area contributed by atoms with Gasteiger partial charge in [-0.15, -0.1) is 0 Å². The first-order valence-corrected chi connectivity index (χ1v) is 18.5. The van der Waals surface area contributed by atoms with E-state index < -0.39 is 6.10 Å². The lowest BCUT2D eigenvalue weighted by Gasteiger charge is -2.15. The fraction of sp³-hybridized carbons (Fsp3) is 0.795. The predicted octanol–water partition coefficient (Wildman–Crippen LogP) is 11.3. The molecule has 0 bridgehead atoms. The molecule has 0 fully saturated rings. The molecule has 0 rings (SSSR count). The first kappa shape index (κ1) is 42.1. The third-order valence-electron chi connectivity index (χ3n) is 7.91. The van der Waals surface area contributed by atoms with Gasteiger partial charge in [-0.2, -0.15) is 0 Å². The maximum Gasteiger partial charge on any atom is 0.306 e. The number of carbonyl (C=O) groups is 2. The Morgan fingerprint density at radius 2 is 0.909 bits per heavy atom. The molecule has 0 saturated heterocycles. The van der Waals surface area contributed by atoms with Crippen molar-refractivity contribution in [1.82, 2.24) is 0 Å². The van der Waals surface area contributed by atoms with E-state index in [0.717, 1.165) is 64.2 Å². The van der Waals surface area contributed by atoms with Gasteiger partial charge in [0.15, 0.2) is 6.10 Å². The van der Waals surface area contributed by atoms with Gasteiger partial charge < -0.3 is 14.6 Å². The van der Waals surface area contributed by atoms with Crippen molar-refractivity contribution in [1.29, 1.82) is 0 Å². The Hall–Kier alpha value is -1.88. The number of ether oxygens (including phenoxy) is 2. The third-order valence-corrected chi connectivity index (χ3v) is 7.91. The Morgan fingerprint density at radius 3 is 1.41 bits per heavy atom. The molecule has 1 atom stereocenters. The minimum Gasteiger partial charge on any atom is -0.462 e. The molecular weight excluding hydrogens is 548 g/mol. The number of rotatable bonds is 33. The molecule has 0 spiro atoms. The third kappa shape index (κ3) is 33.0. The second-order valence-electron chi connectivity index (χ2n) is 12.3. The van der Waals surface area contributed by atoms with E-state index in [1.54, 1.807) is 0 Å². The van der Waals surface area contributed by atoms with Gasteiger partial charge in [0.2, 0.25) is 0 Å². The molecule has 5 heteroatoms. The highest BCUT2D eigenvalue weighted by Gasteiger charge is 2.16. The zero-order valence-corrected chi connectivity index (χ0v) is 28.9. The Labute approximate surface area is 272 Å². The average Bonchev–Trinajstić information content (AvgIpc) is 3.02. The van der Waals surface area contributed by atoms with Crippen LogP contribution >= 0.6 is 0 Å². The van der Waals surface area contributed by atoms with Gasteiger partial charge in [-0.25, -0.2) is 0 Å². The van der Waals surface area contributed by atoms with Gasteiger partial charge in [-0.3, -0.25) is 9.59 Å². The van der Waals surface area contributed by atoms with E-state index in [2.05, 4.69) is 50.3 Å². The molecule has 0 saturated carbocycles. The van der Waals surface area contributed by atoms with Crippen LogP contribution in [0.4, 0.5) is 0 Å². The lowest BCUT2D eigenvalue weighted by molar-refractivity contribution is -0.161. The molecule has 44 heavy (non-hydrogen) atoms. The second-order valence-corrected chi connectivity index (χ2v) is 12.3. The molecule has 0 aromatic carbocycles. The van der Waals surface area contributed by atoms with Crippen LogP contribution in [0, 0.1) is 0 Å². The Balaban J connectivity index is 3.61. The number of carbonyl (C=O) groups excluding carboxylic acids is 2. The summed E-state index contributed by atoms with van der Waals surface area (Å²) in [5.74, 6) is -0.617. The van der Waals surface area contributed by atoms with Crippen LogP contribution < -0.4 is 0 Å². The molecule has 0 aromatic heterocycles. The van der Waals surface area contributed by atoms with E-state index in [4.69, 9.17) is 9.47 Å². The number of aliphatic hydroxyl groups is 1. The molecule has 0 heterocycles. The highest BCUT2D eigenvalue weighted by molar-refractivity contribution is 5.70. The summed E-state index contributed by atoms with van der Waals surface area (Å²) in [5.41, 5.74) is 0. The van der Waals surface area contributed by atoms with E-state index in [0.29, 0.717) is 12.8 Å². The van der Waals surface area contributed by atoms with Crippen LogP contribution in [0.1, 0.15) is 181 Å². The summed E-state index contributed by atoms with van der Waals surface area (Å²) in [6.45, 7) is 4.08. The van der Waals surface area contributed by atoms with E-state index >= 15 is 0 Å². The van der Waals surface area contributed by atoms with Crippen molar-refractivity contribution in [2.75, 3.05) is 13.2 Å². The highest BCUT2D eigenvalue weighted by Crippen LogP contribution is 2.12. The standard InChI is InChI=1S/C39H70O5/c1-3-5-7-9-11-13-15-17-19-21-23-25-27-29-31-33-38(41)43-36-37(35-40)44-39(42)34-32-30-28-26-24-22-20-18-16-14-12-10-8-6-4-2/h12,14,17-20,37,40H,3-11,13,15-16,21-36H2,1-2H3/b14-12+,19-17+,20-18+. The molecule has 1 N–H and O–H groups in total. The summed E-state index contributed by atoms with van der Waals surface area (Å²) in [7, 11) is 0. The summed E-state index contributed by atoms with van der Waals surface area (Å²) in [5, 5.41) is 9.53. The van der Waals surface area contributed by atoms with Gasteiger partial charge in [0.25, 0.3) is 0 Å². The van der Waals surface area contributed by atoms with Crippen molar-refractivity contribution >= 4 is 11.9 Å². The lowest BCUT2D eigenvalue weighted by Crippen LogP contribution is -2.28. The van der Waals surface area contributed by atoms with Gasteiger partial charge in [-0.1, -0.05) is 134 Å². The molecule has 0 aromatic rings. The summed E-state index contributed by atoms with van der Waals surface area (Å²) >= 11 is 0. The molecular formula is C39H70O5. The number of aliphatic hydroxyl groups excluding tert-OH is 1. The maximum atomic E-state index is 12.1. The zero-order valence-electron chi connectivity index (χ0n) is 28.9. The largest absolute Gasteiger partial charge is 0.462 e. The van der Waals surface area contributed by atoms with Crippen LogP contribution in [0.15, 0.2) is 36.5 Å². The first-order valence-electron chi connectivity index (χ1n) is 18.5. The van der Waals surface area contributed by atoms with Crippen molar-refractivity contribution in [2.45, 2.75) is 187 Å². The quantitative estimate of drug-likeness (QED) is 0.0450. The molecule has 0 aliphatic carbocycles. The summed E-state index contributed by atoms with van der Waals surface area (Å²) in [4.78, 5) is 24.2. The van der Waals surface area contributed by atoms with Crippen molar-refractivity contribution < 1.29 is 24.2 Å². The van der Waals surface area contributed by atoms with Gasteiger partial charge in [0.1, 0.15) is 6.61 Å². The lowest BCUT2D eigenvalue weighted by atomic mass is 10.1. The maximum absolute atomic E-state index is 12.1. The Bertz CT molecular complexity index is 711. The van der Waals surface area contributed by atoms with E-state index in [-0.39, 0.29) is 25.2 Å². The fourth-order valence-corrected chi connectivity index (χ4v) is 5.05. The van der Waals surface area contributed by atoms with Crippen LogP contribution in [-0.2, 0) is 19.1 Å². The van der Waals surface area contributed by atoms with Gasteiger partial charge in [-0.05, 0) is 70.6 Å². The highest BCUT2D eigenvalue weighted by atomic mass is 16.6. The van der Waals surface area contributed by atoms with Gasteiger partial charge in [0, 0.05) is 12.8 Å². The van der Waals surface area contributed by atoms with E-state index in [1.165, 1.54) is 89.9 Å². The molecule has 0 amide bonds. The summed E-state index contributed by atoms with van der Waals surface area (Å²) < 4.78 is 10.6. The number of hydrogen-bond donors (Lipinski definition) is 1. The first-order chi connectivity index (χ1) is 21.6. The minimum absolute atomic E-state index is 0.0751. The Kier molecular flexibility index (Phi) is 34.1. The van der Waals surface area contributed by atoms with Gasteiger partial charge >= 0.3 is 11.9 Å². The van der Waals surface area contributed by atoms with E-state index in [1.807, 2.05) is 0 Å². The predicted molar refractivity (Wildman–Crippen MR) is 187 cm³/mol. The normalized spacial score (nSPS) is 12.5. The minimum atomic E-state index is -0.779. The molecule has 0 aliphatic rings. The summed E-state index contributed by atoms with van der Waals surface area (Å²) in [6, 6.07) is 0. The number of allylic oxidation sites excluding steroid dienone is 6. The number of hydrogen-bond acceptors (Lipinski definition) is 5. The number of unbranched alkanes of at least 4 members (excludes halogenated alkanes) is 19. The topological polar surface area (TPSA) is 72.8 Å². The summed E-state index contributed by atoms with van der Waals surface area (Å²) in [6.07, 6.45) is 41.9. The SMILES string of the molecule is CCCCC/C=C/C/C=C/CCCCCCCC(=O)OC(CO)COC(=O)CCCCCCC/C=C/CCCCCCCC. The van der Waals surface area contributed by atoms with Crippen LogP contribution in [0.2, 0.25) is 0 Å². The number of esters is 2. The van der Waals surface area contributed by atoms with Crippen LogP contribution in [-0.4, -0.2) is 36.4 Å². The van der Waals surface area contributed by atoms with Crippen LogP contribution in [0.25, 0.3) is 0 Å². The zero-order chi connectivity index (χ0) is 32.2. The molecule has 0 radical (unpaired) electrons. The van der Waals surface area contributed by atoms with Crippen molar-refractivity contribution in [3.8, 4) is 0 Å². The fourth-order valence-electron chi connectivity index (χ4n) is 5.05. The van der Waals surface area contributed by atoms with E-state index in [9.17, 15) is 14.7 Å². The molecule has 5 nitrogen and oxygen atoms in total. The van der Waals surface area contributed by atoms with Crippen LogP contribution in [0.3, 0.4) is 0 Å². The van der Waals surface area contributed by atoms with Crippen molar-refractivity contribution in [2.24, 2.45) is 0 Å². The molecule has 256 valence electrons. The van der Waals surface area contributed by atoms with Crippen molar-refractivity contribution in [3.05, 3.63) is 36.5 Å². The second kappa shape index (κ2) is 35.6. The molecule has 0 aliphatic heterocycles. The monoisotopic (exact) mass is 619 g/mol. The molecule has 1 unspecified atom stereocenters.